The van der Waals surface area contributed by atoms with E-state index in [1.165, 1.54) is 12.1 Å². The van der Waals surface area contributed by atoms with Crippen LogP contribution in [0.3, 0.4) is 0 Å². The zero-order valence-corrected chi connectivity index (χ0v) is 7.40. The Balaban J connectivity index is 2.36. The summed E-state index contributed by atoms with van der Waals surface area (Å²) in [5.74, 6) is -1.56. The van der Waals surface area contributed by atoms with Crippen molar-refractivity contribution in [2.75, 3.05) is 6.54 Å². The van der Waals surface area contributed by atoms with Crippen LogP contribution in [0, 0.1) is 11.6 Å². The summed E-state index contributed by atoms with van der Waals surface area (Å²) < 4.78 is 25.5. The fourth-order valence-electron chi connectivity index (χ4n) is 1.59. The van der Waals surface area contributed by atoms with Crippen LogP contribution in [0.25, 0.3) is 0 Å². The van der Waals surface area contributed by atoms with Gasteiger partial charge in [0.1, 0.15) is 0 Å². The summed E-state index contributed by atoms with van der Waals surface area (Å²) in [6.07, 6.45) is 0.970. The van der Waals surface area contributed by atoms with E-state index in [1.54, 1.807) is 6.07 Å². The third kappa shape index (κ3) is 1.33. The molecule has 0 amide bonds. The van der Waals surface area contributed by atoms with E-state index in [4.69, 9.17) is 0 Å². The van der Waals surface area contributed by atoms with Crippen molar-refractivity contribution >= 4 is 0 Å². The summed E-state index contributed by atoms with van der Waals surface area (Å²) in [6, 6.07) is 4.07. The van der Waals surface area contributed by atoms with Crippen LogP contribution in [0.15, 0.2) is 18.2 Å². The molecule has 1 aromatic carbocycles. The molecular weight excluding hydrogens is 172 g/mol. The van der Waals surface area contributed by atoms with E-state index in [9.17, 15) is 8.78 Å². The van der Waals surface area contributed by atoms with Crippen molar-refractivity contribution in [2.24, 2.45) is 0 Å². The fraction of sp³-hybridized carbons (Fsp3) is 0.400. The lowest BCUT2D eigenvalue weighted by molar-refractivity contribution is 0.235. The average molecular weight is 183 g/mol. The molecule has 0 aromatic heterocycles. The van der Waals surface area contributed by atoms with E-state index in [1.807, 2.05) is 6.92 Å². The van der Waals surface area contributed by atoms with E-state index in [0.717, 1.165) is 18.5 Å². The Labute approximate surface area is 75.8 Å². The van der Waals surface area contributed by atoms with Crippen LogP contribution in [-0.4, -0.2) is 6.54 Å². The molecule has 3 heteroatoms. The van der Waals surface area contributed by atoms with Gasteiger partial charge in [0.15, 0.2) is 11.6 Å². The van der Waals surface area contributed by atoms with Gasteiger partial charge in [0.2, 0.25) is 0 Å². The lowest BCUT2D eigenvalue weighted by atomic mass is 9.83. The van der Waals surface area contributed by atoms with Crippen LogP contribution in [0.4, 0.5) is 8.78 Å². The summed E-state index contributed by atoms with van der Waals surface area (Å²) in [5, 5.41) is 3.20. The van der Waals surface area contributed by atoms with Gasteiger partial charge >= 0.3 is 0 Å². The van der Waals surface area contributed by atoms with Crippen molar-refractivity contribution in [3.8, 4) is 0 Å². The van der Waals surface area contributed by atoms with Gasteiger partial charge < -0.3 is 5.32 Å². The Morgan fingerprint density at radius 3 is 2.46 bits per heavy atom. The van der Waals surface area contributed by atoms with Crippen molar-refractivity contribution < 1.29 is 8.78 Å². The first-order valence-electron chi connectivity index (χ1n) is 4.32. The minimum Gasteiger partial charge on any atom is -0.307 e. The summed E-state index contributed by atoms with van der Waals surface area (Å²) in [5.41, 5.74) is 0.659. The summed E-state index contributed by atoms with van der Waals surface area (Å²) in [6.45, 7) is 2.93. The molecule has 0 bridgehead atoms. The Morgan fingerprint density at radius 1 is 1.31 bits per heavy atom. The first-order valence-corrected chi connectivity index (χ1v) is 4.32. The van der Waals surface area contributed by atoms with Gasteiger partial charge in [-0.05, 0) is 37.6 Å². The summed E-state index contributed by atoms with van der Waals surface area (Å²) >= 11 is 0. The molecular formula is C10H11F2N. The molecule has 70 valence electrons. The Kier molecular flexibility index (Phi) is 1.84. The number of hydrogen-bond acceptors (Lipinski definition) is 1. The van der Waals surface area contributed by atoms with E-state index in [2.05, 4.69) is 5.32 Å². The number of hydrogen-bond donors (Lipinski definition) is 1. The van der Waals surface area contributed by atoms with Crippen molar-refractivity contribution in [3.63, 3.8) is 0 Å². The zero-order chi connectivity index (χ0) is 9.47. The second kappa shape index (κ2) is 2.77. The lowest BCUT2D eigenvalue weighted by Crippen LogP contribution is -2.51. The van der Waals surface area contributed by atoms with Gasteiger partial charge in [-0.3, -0.25) is 0 Å². The number of rotatable bonds is 1. The minimum absolute atomic E-state index is 0.158. The van der Waals surface area contributed by atoms with Crippen LogP contribution >= 0.6 is 0 Å². The fourth-order valence-corrected chi connectivity index (χ4v) is 1.59. The van der Waals surface area contributed by atoms with Crippen molar-refractivity contribution in [1.29, 1.82) is 0 Å². The zero-order valence-electron chi connectivity index (χ0n) is 7.40. The number of nitrogens with one attached hydrogen (secondary N) is 1. The van der Waals surface area contributed by atoms with E-state index in [0.29, 0.717) is 0 Å². The molecule has 13 heavy (non-hydrogen) atoms. The van der Waals surface area contributed by atoms with Crippen LogP contribution in [0.5, 0.6) is 0 Å². The van der Waals surface area contributed by atoms with E-state index >= 15 is 0 Å². The van der Waals surface area contributed by atoms with Crippen LogP contribution in [0.2, 0.25) is 0 Å². The molecule has 1 saturated heterocycles. The van der Waals surface area contributed by atoms with Gasteiger partial charge in [-0.1, -0.05) is 6.07 Å². The average Bonchev–Trinajstić information content (AvgIpc) is 2.06. The predicted octanol–water partition coefficient (Wildman–Crippen LogP) is 2.17. The van der Waals surface area contributed by atoms with E-state index < -0.39 is 11.6 Å². The molecule has 1 unspecified atom stereocenters. The van der Waals surface area contributed by atoms with Crippen molar-refractivity contribution in [3.05, 3.63) is 35.4 Å². The third-order valence-electron chi connectivity index (χ3n) is 2.70. The monoisotopic (exact) mass is 183 g/mol. The van der Waals surface area contributed by atoms with Gasteiger partial charge in [-0.25, -0.2) is 8.78 Å². The standard InChI is InChI=1S/C10H11F2N/c1-10(4-5-13-10)7-2-3-8(11)9(12)6-7/h2-3,6,13H,4-5H2,1H3. The first kappa shape index (κ1) is 8.63. The van der Waals surface area contributed by atoms with Crippen molar-refractivity contribution in [2.45, 2.75) is 18.9 Å². The molecule has 1 atom stereocenters. The number of benzene rings is 1. The first-order chi connectivity index (χ1) is 6.12. The highest BCUT2D eigenvalue weighted by atomic mass is 19.2. The maximum absolute atomic E-state index is 12.9. The molecule has 1 aliphatic rings. The highest BCUT2D eigenvalue weighted by Crippen LogP contribution is 2.30. The SMILES string of the molecule is CC1(c2ccc(F)c(F)c2)CCN1. The minimum atomic E-state index is -0.785. The molecule has 0 saturated carbocycles. The van der Waals surface area contributed by atoms with Crippen molar-refractivity contribution in [1.82, 2.24) is 5.32 Å². The van der Waals surface area contributed by atoms with Gasteiger partial charge in [-0.15, -0.1) is 0 Å². The molecule has 0 radical (unpaired) electrons. The molecule has 1 N–H and O–H groups in total. The normalized spacial score (nSPS) is 27.0. The van der Waals surface area contributed by atoms with Crippen LogP contribution in [0.1, 0.15) is 18.9 Å². The lowest BCUT2D eigenvalue weighted by Gasteiger charge is -2.40. The maximum Gasteiger partial charge on any atom is 0.159 e. The smallest absolute Gasteiger partial charge is 0.159 e. The van der Waals surface area contributed by atoms with Crippen LogP contribution in [-0.2, 0) is 5.54 Å². The largest absolute Gasteiger partial charge is 0.307 e. The molecule has 1 aliphatic heterocycles. The van der Waals surface area contributed by atoms with Crippen LogP contribution < -0.4 is 5.32 Å². The summed E-state index contributed by atoms with van der Waals surface area (Å²) in [7, 11) is 0. The molecule has 0 aliphatic carbocycles. The highest BCUT2D eigenvalue weighted by molar-refractivity contribution is 5.27. The van der Waals surface area contributed by atoms with Gasteiger partial charge in [0, 0.05) is 5.54 Å². The molecule has 1 aromatic rings. The molecule has 2 rings (SSSR count). The molecule has 1 heterocycles. The van der Waals surface area contributed by atoms with Gasteiger partial charge in [0.05, 0.1) is 0 Å². The van der Waals surface area contributed by atoms with Gasteiger partial charge in [0.25, 0.3) is 0 Å². The quantitative estimate of drug-likeness (QED) is 0.703. The van der Waals surface area contributed by atoms with E-state index in [-0.39, 0.29) is 5.54 Å². The summed E-state index contributed by atoms with van der Waals surface area (Å²) in [4.78, 5) is 0. The number of halogens is 2. The predicted molar refractivity (Wildman–Crippen MR) is 46.3 cm³/mol. The second-order valence-electron chi connectivity index (χ2n) is 3.64. The van der Waals surface area contributed by atoms with Gasteiger partial charge in [-0.2, -0.15) is 0 Å². The Bertz CT molecular complexity index is 332. The Hall–Kier alpha value is -0.960. The topological polar surface area (TPSA) is 12.0 Å². The highest BCUT2D eigenvalue weighted by Gasteiger charge is 2.33. The maximum atomic E-state index is 12.9. The molecule has 1 fully saturated rings. The second-order valence-corrected chi connectivity index (χ2v) is 3.64. The molecule has 1 nitrogen and oxygen atoms in total. The third-order valence-corrected chi connectivity index (χ3v) is 2.70. The molecule has 0 spiro atoms. The Morgan fingerprint density at radius 2 is 2.00 bits per heavy atom.